The van der Waals surface area contributed by atoms with Crippen molar-refractivity contribution in [1.82, 2.24) is 10.6 Å². The summed E-state index contributed by atoms with van der Waals surface area (Å²) in [5, 5.41) is 9.68. The molecule has 0 atom stereocenters. The number of rotatable bonds is 8. The van der Waals surface area contributed by atoms with Crippen LogP contribution in [0, 0.1) is 0 Å². The zero-order valence-electron chi connectivity index (χ0n) is 12.4. The average Bonchev–Trinajstić information content (AvgIpc) is 2.87. The van der Waals surface area contributed by atoms with E-state index in [-0.39, 0.29) is 18.3 Å². The highest BCUT2D eigenvalue weighted by atomic mass is 35.5. The van der Waals surface area contributed by atoms with E-state index in [9.17, 15) is 4.79 Å². The molecular formula is C16H23ClN2OS. The summed E-state index contributed by atoms with van der Waals surface area (Å²) in [6.07, 6.45) is 2.49. The van der Waals surface area contributed by atoms with Gasteiger partial charge in [-0.05, 0) is 41.8 Å². The van der Waals surface area contributed by atoms with Crippen LogP contribution in [0.5, 0.6) is 0 Å². The van der Waals surface area contributed by atoms with Crippen LogP contribution in [0.25, 0.3) is 10.1 Å². The van der Waals surface area contributed by atoms with Gasteiger partial charge >= 0.3 is 0 Å². The van der Waals surface area contributed by atoms with Crippen molar-refractivity contribution in [1.29, 1.82) is 0 Å². The van der Waals surface area contributed by atoms with Gasteiger partial charge in [0.1, 0.15) is 0 Å². The molecule has 0 spiro atoms. The number of amides is 1. The third kappa shape index (κ3) is 5.65. The van der Waals surface area contributed by atoms with Crippen molar-refractivity contribution in [3.8, 4) is 0 Å². The number of aryl methyl sites for hydroxylation is 1. The van der Waals surface area contributed by atoms with Crippen molar-refractivity contribution < 1.29 is 4.79 Å². The molecule has 3 nitrogen and oxygen atoms in total. The van der Waals surface area contributed by atoms with E-state index in [0.29, 0.717) is 13.0 Å². The minimum absolute atomic E-state index is 0. The monoisotopic (exact) mass is 326 g/mol. The van der Waals surface area contributed by atoms with E-state index in [0.717, 1.165) is 25.9 Å². The molecule has 0 fully saturated rings. The van der Waals surface area contributed by atoms with Crippen LogP contribution in [0.4, 0.5) is 0 Å². The standard InChI is InChI=1S/C16H22N2OS.ClH/c1-2-17-10-11-18-16(19)9-5-6-13-12-20-15-8-4-3-7-14(13)15;/h3-4,7-8,12,17H,2,5-6,9-11H2,1H3,(H,18,19);1H. The zero-order valence-corrected chi connectivity index (χ0v) is 14.0. The lowest BCUT2D eigenvalue weighted by Crippen LogP contribution is -2.31. The molecule has 2 N–H and O–H groups in total. The van der Waals surface area contributed by atoms with Gasteiger partial charge in [0, 0.05) is 24.2 Å². The van der Waals surface area contributed by atoms with Gasteiger partial charge in [-0.25, -0.2) is 0 Å². The van der Waals surface area contributed by atoms with Crippen molar-refractivity contribution in [2.24, 2.45) is 0 Å². The molecule has 0 radical (unpaired) electrons. The molecular weight excluding hydrogens is 304 g/mol. The van der Waals surface area contributed by atoms with Crippen LogP contribution in [-0.2, 0) is 11.2 Å². The number of hydrogen-bond acceptors (Lipinski definition) is 3. The number of carbonyl (C=O) groups excluding carboxylic acids is 1. The van der Waals surface area contributed by atoms with Crippen LogP contribution in [0.2, 0.25) is 0 Å². The summed E-state index contributed by atoms with van der Waals surface area (Å²) in [5.41, 5.74) is 1.37. The van der Waals surface area contributed by atoms with Crippen LogP contribution in [0.15, 0.2) is 29.6 Å². The van der Waals surface area contributed by atoms with Crippen molar-refractivity contribution in [3.05, 3.63) is 35.2 Å². The molecule has 2 aromatic rings. The Kier molecular flexibility index (Phi) is 8.35. The SMILES string of the molecule is CCNCCNC(=O)CCCc1csc2ccccc12.Cl. The summed E-state index contributed by atoms with van der Waals surface area (Å²) >= 11 is 1.78. The van der Waals surface area contributed by atoms with Gasteiger partial charge in [-0.2, -0.15) is 0 Å². The Hall–Kier alpha value is -1.10. The summed E-state index contributed by atoms with van der Waals surface area (Å²) < 4.78 is 1.33. The lowest BCUT2D eigenvalue weighted by atomic mass is 10.1. The Morgan fingerprint density at radius 2 is 2.05 bits per heavy atom. The fourth-order valence-electron chi connectivity index (χ4n) is 2.22. The highest BCUT2D eigenvalue weighted by Crippen LogP contribution is 2.26. The molecule has 116 valence electrons. The van der Waals surface area contributed by atoms with Crippen molar-refractivity contribution >= 4 is 39.7 Å². The van der Waals surface area contributed by atoms with Gasteiger partial charge < -0.3 is 10.6 Å². The molecule has 0 aliphatic rings. The first-order valence-electron chi connectivity index (χ1n) is 7.23. The average molecular weight is 327 g/mol. The van der Waals surface area contributed by atoms with Crippen LogP contribution < -0.4 is 10.6 Å². The Labute approximate surface area is 136 Å². The van der Waals surface area contributed by atoms with Crippen molar-refractivity contribution in [3.63, 3.8) is 0 Å². The minimum Gasteiger partial charge on any atom is -0.355 e. The van der Waals surface area contributed by atoms with E-state index in [2.05, 4.69) is 47.2 Å². The van der Waals surface area contributed by atoms with Gasteiger partial charge in [0.15, 0.2) is 0 Å². The second-order valence-electron chi connectivity index (χ2n) is 4.81. The van der Waals surface area contributed by atoms with Crippen LogP contribution in [0.3, 0.4) is 0 Å². The van der Waals surface area contributed by atoms with Gasteiger partial charge in [-0.15, -0.1) is 23.7 Å². The minimum atomic E-state index is 0. The molecule has 0 bridgehead atoms. The summed E-state index contributed by atoms with van der Waals surface area (Å²) in [4.78, 5) is 11.7. The molecule has 2 rings (SSSR count). The van der Waals surface area contributed by atoms with Gasteiger partial charge in [0.25, 0.3) is 0 Å². The van der Waals surface area contributed by atoms with E-state index in [1.54, 1.807) is 11.3 Å². The van der Waals surface area contributed by atoms with Crippen molar-refractivity contribution in [2.75, 3.05) is 19.6 Å². The van der Waals surface area contributed by atoms with Gasteiger partial charge in [-0.3, -0.25) is 4.79 Å². The van der Waals surface area contributed by atoms with Crippen LogP contribution in [0.1, 0.15) is 25.3 Å². The molecule has 0 saturated heterocycles. The maximum Gasteiger partial charge on any atom is 0.220 e. The summed E-state index contributed by atoms with van der Waals surface area (Å²) in [6.45, 7) is 4.57. The molecule has 1 aromatic heterocycles. The number of carbonyl (C=O) groups is 1. The third-order valence-electron chi connectivity index (χ3n) is 3.29. The first kappa shape index (κ1) is 18.0. The Morgan fingerprint density at radius 1 is 1.24 bits per heavy atom. The summed E-state index contributed by atoms with van der Waals surface area (Å²) in [6, 6.07) is 8.46. The zero-order chi connectivity index (χ0) is 14.2. The molecule has 0 saturated carbocycles. The van der Waals surface area contributed by atoms with Gasteiger partial charge in [0.2, 0.25) is 5.91 Å². The van der Waals surface area contributed by atoms with Gasteiger partial charge in [0.05, 0.1) is 0 Å². The molecule has 1 aromatic carbocycles. The van der Waals surface area contributed by atoms with Crippen LogP contribution in [-0.4, -0.2) is 25.5 Å². The quantitative estimate of drug-likeness (QED) is 0.730. The molecule has 5 heteroatoms. The topological polar surface area (TPSA) is 41.1 Å². The number of fused-ring (bicyclic) bond motifs is 1. The van der Waals surface area contributed by atoms with Crippen molar-refractivity contribution in [2.45, 2.75) is 26.2 Å². The van der Waals surface area contributed by atoms with E-state index >= 15 is 0 Å². The Bertz CT molecular complexity index is 556. The fraction of sp³-hybridized carbons (Fsp3) is 0.438. The highest BCUT2D eigenvalue weighted by Gasteiger charge is 2.05. The lowest BCUT2D eigenvalue weighted by molar-refractivity contribution is -0.121. The molecule has 0 aliphatic heterocycles. The third-order valence-corrected chi connectivity index (χ3v) is 4.30. The first-order chi connectivity index (χ1) is 9.81. The normalized spacial score (nSPS) is 10.3. The predicted octanol–water partition coefficient (Wildman–Crippen LogP) is 3.37. The largest absolute Gasteiger partial charge is 0.355 e. The second-order valence-corrected chi connectivity index (χ2v) is 5.73. The van der Waals surface area contributed by atoms with E-state index in [1.807, 2.05) is 0 Å². The Morgan fingerprint density at radius 3 is 2.86 bits per heavy atom. The smallest absolute Gasteiger partial charge is 0.220 e. The lowest BCUT2D eigenvalue weighted by Gasteiger charge is -2.05. The number of nitrogens with one attached hydrogen (secondary N) is 2. The maximum atomic E-state index is 11.7. The second kappa shape index (κ2) is 9.77. The van der Waals surface area contributed by atoms with Gasteiger partial charge in [-0.1, -0.05) is 25.1 Å². The molecule has 21 heavy (non-hydrogen) atoms. The Balaban J connectivity index is 0.00000220. The molecule has 0 aliphatic carbocycles. The van der Waals surface area contributed by atoms with E-state index in [1.165, 1.54) is 15.6 Å². The van der Waals surface area contributed by atoms with E-state index in [4.69, 9.17) is 0 Å². The first-order valence-corrected chi connectivity index (χ1v) is 8.11. The number of hydrogen-bond donors (Lipinski definition) is 2. The maximum absolute atomic E-state index is 11.7. The van der Waals surface area contributed by atoms with Crippen LogP contribution >= 0.6 is 23.7 Å². The fourth-order valence-corrected chi connectivity index (χ4v) is 3.22. The van der Waals surface area contributed by atoms with E-state index < -0.39 is 0 Å². The summed E-state index contributed by atoms with van der Waals surface area (Å²) in [7, 11) is 0. The number of halogens is 1. The highest BCUT2D eigenvalue weighted by molar-refractivity contribution is 7.17. The molecule has 1 amide bonds. The summed E-state index contributed by atoms with van der Waals surface area (Å²) in [5.74, 6) is 0.155. The number of likely N-dealkylation sites (N-methyl/N-ethyl adjacent to an activating group) is 1. The molecule has 0 unspecified atom stereocenters. The molecule has 1 heterocycles. The number of thiophene rings is 1. The predicted molar refractivity (Wildman–Crippen MR) is 93.6 cm³/mol. The number of benzene rings is 1.